The van der Waals surface area contributed by atoms with Crippen LogP contribution < -0.4 is 5.32 Å². The van der Waals surface area contributed by atoms with E-state index in [1.54, 1.807) is 6.07 Å². The van der Waals surface area contributed by atoms with Crippen LogP contribution in [0.1, 0.15) is 67.4 Å². The summed E-state index contributed by atoms with van der Waals surface area (Å²) in [6, 6.07) is 9.17. The molecule has 5 heteroatoms. The van der Waals surface area contributed by atoms with Crippen LogP contribution in [-0.4, -0.2) is 11.1 Å². The van der Waals surface area contributed by atoms with Gasteiger partial charge in [0.05, 0.1) is 6.04 Å². The largest absolute Gasteiger partial charge is 0.360 e. The van der Waals surface area contributed by atoms with Crippen molar-refractivity contribution >= 4 is 17.5 Å². The molecule has 1 unspecified atom stereocenters. The molecule has 1 amide bonds. The second-order valence-electron chi connectivity index (χ2n) is 7.21. The summed E-state index contributed by atoms with van der Waals surface area (Å²) in [7, 11) is 0. The summed E-state index contributed by atoms with van der Waals surface area (Å²) in [6.45, 7) is 6.26. The van der Waals surface area contributed by atoms with Gasteiger partial charge >= 0.3 is 0 Å². The van der Waals surface area contributed by atoms with E-state index >= 15 is 0 Å². The number of hydrogen-bond donors (Lipinski definition) is 1. The number of carbonyl (C=O) groups is 1. The molecule has 1 aliphatic rings. The highest BCUT2D eigenvalue weighted by molar-refractivity contribution is 6.30. The number of nitrogens with zero attached hydrogens (tertiary/aromatic N) is 1. The van der Waals surface area contributed by atoms with Crippen LogP contribution in [0.15, 0.2) is 34.9 Å². The van der Waals surface area contributed by atoms with Crippen molar-refractivity contribution in [2.24, 2.45) is 5.41 Å². The van der Waals surface area contributed by atoms with Crippen LogP contribution in [0.2, 0.25) is 5.02 Å². The van der Waals surface area contributed by atoms with E-state index in [1.807, 2.05) is 24.3 Å². The maximum absolute atomic E-state index is 12.5. The molecule has 4 nitrogen and oxygen atoms in total. The van der Waals surface area contributed by atoms with E-state index in [9.17, 15) is 4.79 Å². The molecular formula is C18H21ClN2O2. The summed E-state index contributed by atoms with van der Waals surface area (Å²) in [6.07, 6.45) is 2.23. The topological polar surface area (TPSA) is 55.1 Å². The Morgan fingerprint density at radius 1 is 1.30 bits per heavy atom. The summed E-state index contributed by atoms with van der Waals surface area (Å²) in [5.74, 6) is 1.04. The molecule has 1 aliphatic carbocycles. The van der Waals surface area contributed by atoms with E-state index in [4.69, 9.17) is 16.1 Å². The smallest absolute Gasteiger partial charge is 0.273 e. The fourth-order valence-corrected chi connectivity index (χ4v) is 2.74. The molecule has 1 aromatic carbocycles. The molecule has 1 saturated carbocycles. The third-order valence-electron chi connectivity index (χ3n) is 4.09. The first-order chi connectivity index (χ1) is 10.8. The first-order valence-corrected chi connectivity index (χ1v) is 8.25. The Kier molecular flexibility index (Phi) is 4.19. The molecule has 23 heavy (non-hydrogen) atoms. The molecule has 2 aromatic rings. The molecule has 0 radical (unpaired) electrons. The van der Waals surface area contributed by atoms with Crippen molar-refractivity contribution < 1.29 is 9.32 Å². The monoisotopic (exact) mass is 332 g/mol. The number of aromatic nitrogens is 1. The predicted octanol–water partition coefficient (Wildman–Crippen LogP) is 4.72. The Balaban J connectivity index is 1.79. The lowest BCUT2D eigenvalue weighted by Crippen LogP contribution is -2.36. The predicted molar refractivity (Wildman–Crippen MR) is 89.6 cm³/mol. The Bertz CT molecular complexity index is 697. The van der Waals surface area contributed by atoms with Crippen molar-refractivity contribution in [1.82, 2.24) is 10.5 Å². The lowest BCUT2D eigenvalue weighted by atomic mass is 9.82. The first kappa shape index (κ1) is 16.1. The minimum Gasteiger partial charge on any atom is -0.360 e. The summed E-state index contributed by atoms with van der Waals surface area (Å²) < 4.78 is 5.27. The number of halogens is 1. The average Bonchev–Trinajstić information content (AvgIpc) is 3.22. The third kappa shape index (κ3) is 3.75. The van der Waals surface area contributed by atoms with E-state index in [2.05, 4.69) is 31.2 Å². The van der Waals surface area contributed by atoms with Gasteiger partial charge in [-0.1, -0.05) is 49.7 Å². The SMILES string of the molecule is CC(C)(C)C(NC(=O)c1cc(C2CC2)on1)c1ccc(Cl)cc1. The second kappa shape index (κ2) is 6.00. The molecule has 0 spiro atoms. The minimum absolute atomic E-state index is 0.145. The van der Waals surface area contributed by atoms with Gasteiger partial charge < -0.3 is 9.84 Å². The van der Waals surface area contributed by atoms with Crippen molar-refractivity contribution in [3.63, 3.8) is 0 Å². The van der Waals surface area contributed by atoms with Gasteiger partial charge in [-0.3, -0.25) is 4.79 Å². The maximum Gasteiger partial charge on any atom is 0.273 e. The van der Waals surface area contributed by atoms with E-state index in [0.717, 1.165) is 24.2 Å². The quantitative estimate of drug-likeness (QED) is 0.881. The molecule has 0 aliphatic heterocycles. The van der Waals surface area contributed by atoms with Crippen molar-refractivity contribution in [3.05, 3.63) is 52.4 Å². The van der Waals surface area contributed by atoms with Crippen molar-refractivity contribution in [2.75, 3.05) is 0 Å². The zero-order valence-corrected chi connectivity index (χ0v) is 14.4. The minimum atomic E-state index is -0.212. The van der Waals surface area contributed by atoms with Crippen molar-refractivity contribution in [3.8, 4) is 0 Å². The van der Waals surface area contributed by atoms with Gasteiger partial charge in [0.25, 0.3) is 5.91 Å². The van der Waals surface area contributed by atoms with E-state index in [1.165, 1.54) is 0 Å². The highest BCUT2D eigenvalue weighted by Crippen LogP contribution is 2.40. The third-order valence-corrected chi connectivity index (χ3v) is 4.34. The maximum atomic E-state index is 12.5. The standard InChI is InChI=1S/C18H21ClN2O2/c1-18(2,3)16(12-6-8-13(19)9-7-12)20-17(22)14-10-15(23-21-14)11-4-5-11/h6-11,16H,4-5H2,1-3H3,(H,20,22). The van der Waals surface area contributed by atoms with Crippen LogP contribution in [0.4, 0.5) is 0 Å². The zero-order valence-electron chi connectivity index (χ0n) is 13.6. The number of amides is 1. The van der Waals surface area contributed by atoms with Gasteiger partial charge in [0.15, 0.2) is 5.69 Å². The highest BCUT2D eigenvalue weighted by Gasteiger charge is 2.31. The Morgan fingerprint density at radius 2 is 1.96 bits per heavy atom. The first-order valence-electron chi connectivity index (χ1n) is 7.87. The molecule has 1 aromatic heterocycles. The van der Waals surface area contributed by atoms with Gasteiger partial charge in [-0.2, -0.15) is 0 Å². The van der Waals surface area contributed by atoms with Gasteiger partial charge in [0, 0.05) is 17.0 Å². The van der Waals surface area contributed by atoms with E-state index in [0.29, 0.717) is 16.6 Å². The lowest BCUT2D eigenvalue weighted by molar-refractivity contribution is 0.0892. The van der Waals surface area contributed by atoms with Crippen LogP contribution in [0, 0.1) is 5.41 Å². The van der Waals surface area contributed by atoms with Gasteiger partial charge in [-0.05, 0) is 36.0 Å². The van der Waals surface area contributed by atoms with Crippen LogP contribution >= 0.6 is 11.6 Å². The molecule has 1 heterocycles. The number of hydrogen-bond acceptors (Lipinski definition) is 3. The normalized spacial score (nSPS) is 16.2. The molecule has 1 atom stereocenters. The fraction of sp³-hybridized carbons (Fsp3) is 0.444. The van der Waals surface area contributed by atoms with Crippen LogP contribution in [0.5, 0.6) is 0 Å². The van der Waals surface area contributed by atoms with Crippen LogP contribution in [0.3, 0.4) is 0 Å². The van der Waals surface area contributed by atoms with Gasteiger partial charge in [-0.25, -0.2) is 0 Å². The summed E-state index contributed by atoms with van der Waals surface area (Å²) >= 11 is 5.96. The Morgan fingerprint density at radius 3 is 2.52 bits per heavy atom. The molecular weight excluding hydrogens is 312 g/mol. The van der Waals surface area contributed by atoms with Crippen molar-refractivity contribution in [1.29, 1.82) is 0 Å². The molecule has 122 valence electrons. The molecule has 0 saturated heterocycles. The second-order valence-corrected chi connectivity index (χ2v) is 7.65. The number of nitrogens with one attached hydrogen (secondary N) is 1. The van der Waals surface area contributed by atoms with Gasteiger partial charge in [0.1, 0.15) is 5.76 Å². The number of carbonyl (C=O) groups excluding carboxylic acids is 1. The van der Waals surface area contributed by atoms with E-state index < -0.39 is 0 Å². The van der Waals surface area contributed by atoms with Gasteiger partial charge in [0.2, 0.25) is 0 Å². The summed E-state index contributed by atoms with van der Waals surface area (Å²) in [4.78, 5) is 12.5. The molecule has 1 fully saturated rings. The summed E-state index contributed by atoms with van der Waals surface area (Å²) in [5.41, 5.74) is 1.21. The number of benzene rings is 1. The molecule has 0 bridgehead atoms. The Hall–Kier alpha value is -1.81. The van der Waals surface area contributed by atoms with E-state index in [-0.39, 0.29) is 17.4 Å². The molecule has 1 N–H and O–H groups in total. The average molecular weight is 333 g/mol. The number of rotatable bonds is 4. The zero-order chi connectivity index (χ0) is 16.6. The Labute approximate surface area is 141 Å². The summed E-state index contributed by atoms with van der Waals surface area (Å²) in [5, 5.41) is 7.67. The van der Waals surface area contributed by atoms with Crippen molar-refractivity contribution in [2.45, 2.75) is 45.6 Å². The van der Waals surface area contributed by atoms with Gasteiger partial charge in [-0.15, -0.1) is 0 Å². The van der Waals surface area contributed by atoms with Crippen LogP contribution in [-0.2, 0) is 0 Å². The molecule has 3 rings (SSSR count). The fourth-order valence-electron chi connectivity index (χ4n) is 2.62. The lowest BCUT2D eigenvalue weighted by Gasteiger charge is -2.31. The van der Waals surface area contributed by atoms with Crippen LogP contribution in [0.25, 0.3) is 0 Å². The highest BCUT2D eigenvalue weighted by atomic mass is 35.5.